The van der Waals surface area contributed by atoms with Gasteiger partial charge in [0, 0.05) is 31.6 Å². The number of carbonyl (C=O) groups excluding carboxylic acids is 1. The minimum Gasteiger partial charge on any atom is -0.487 e. The smallest absolute Gasteiger partial charge is 0.317 e. The van der Waals surface area contributed by atoms with E-state index < -0.39 is 22.2 Å². The van der Waals surface area contributed by atoms with E-state index in [2.05, 4.69) is 5.32 Å². The fraction of sp³-hybridized carbons (Fsp3) is 0.591. The number of fused-ring (bicyclic) bond motifs is 1. The van der Waals surface area contributed by atoms with E-state index in [0.29, 0.717) is 0 Å². The Balaban J connectivity index is 2.50. The van der Waals surface area contributed by atoms with Gasteiger partial charge in [0.2, 0.25) is 10.0 Å². The van der Waals surface area contributed by atoms with Crippen molar-refractivity contribution in [2.45, 2.75) is 57.7 Å². The number of benzene rings is 1. The normalized spacial score (nSPS) is 22.3. The molecule has 2 N–H and O–H groups in total. The van der Waals surface area contributed by atoms with Crippen LogP contribution in [0.4, 0.5) is 4.79 Å². The number of hydrogen-bond donors (Lipinski definition) is 2. The fourth-order valence-electron chi connectivity index (χ4n) is 3.47. The second-order valence-electron chi connectivity index (χ2n) is 8.43. The average Bonchev–Trinajstić information content (AvgIpc) is 2.69. The minimum atomic E-state index is -3.87. The summed E-state index contributed by atoms with van der Waals surface area (Å²) in [6.45, 7) is 9.40. The fourth-order valence-corrected chi connectivity index (χ4v) is 5.29. The van der Waals surface area contributed by atoms with Crippen molar-refractivity contribution >= 4 is 22.1 Å². The second-order valence-corrected chi connectivity index (χ2v) is 10.3. The molecule has 0 fully saturated rings. The molecule has 0 unspecified atom stereocenters. The van der Waals surface area contributed by atoms with E-state index in [0.717, 1.165) is 5.56 Å². The summed E-state index contributed by atoms with van der Waals surface area (Å²) >= 11 is 0. The van der Waals surface area contributed by atoms with E-state index in [9.17, 15) is 18.3 Å². The highest BCUT2D eigenvalue weighted by Gasteiger charge is 2.38. The van der Waals surface area contributed by atoms with E-state index in [1.165, 1.54) is 4.31 Å². The number of hydrogen-bond acceptors (Lipinski definition) is 5. The number of amides is 2. The van der Waals surface area contributed by atoms with Crippen LogP contribution >= 0.6 is 0 Å². The molecule has 9 heteroatoms. The molecule has 2 rings (SSSR count). The molecule has 0 saturated heterocycles. The van der Waals surface area contributed by atoms with Crippen LogP contribution in [0.15, 0.2) is 29.2 Å². The molecule has 0 aliphatic carbocycles. The molecule has 0 radical (unpaired) electrons. The van der Waals surface area contributed by atoms with E-state index in [1.54, 1.807) is 37.1 Å². The van der Waals surface area contributed by atoms with Crippen molar-refractivity contribution in [3.8, 4) is 5.75 Å². The number of aliphatic hydroxyl groups excluding tert-OH is 1. The number of urea groups is 1. The summed E-state index contributed by atoms with van der Waals surface area (Å²) in [6.07, 6.45) is 3.29. The molecule has 174 valence electrons. The number of allylic oxidation sites excluding steroid dienone is 1. The Morgan fingerprint density at radius 2 is 2.06 bits per heavy atom. The molecule has 0 aromatic heterocycles. The highest BCUT2D eigenvalue weighted by Crippen LogP contribution is 2.34. The Morgan fingerprint density at radius 1 is 1.39 bits per heavy atom. The summed E-state index contributed by atoms with van der Waals surface area (Å²) in [5.74, 6) is 0.0246. The van der Waals surface area contributed by atoms with Crippen molar-refractivity contribution in [3.63, 3.8) is 0 Å². The topological polar surface area (TPSA) is 99.2 Å². The molecule has 1 aliphatic heterocycles. The number of nitrogens with zero attached hydrogens (tertiary/aromatic N) is 2. The highest BCUT2D eigenvalue weighted by molar-refractivity contribution is 7.89. The van der Waals surface area contributed by atoms with Gasteiger partial charge in [-0.2, -0.15) is 4.31 Å². The molecule has 0 bridgehead atoms. The Morgan fingerprint density at radius 3 is 2.65 bits per heavy atom. The largest absolute Gasteiger partial charge is 0.487 e. The molecule has 3 atom stereocenters. The summed E-state index contributed by atoms with van der Waals surface area (Å²) in [4.78, 5) is 14.0. The van der Waals surface area contributed by atoms with Crippen molar-refractivity contribution in [1.82, 2.24) is 14.5 Å². The van der Waals surface area contributed by atoms with Gasteiger partial charge in [0.1, 0.15) is 16.7 Å². The van der Waals surface area contributed by atoms with Gasteiger partial charge in [-0.05, 0) is 45.4 Å². The first kappa shape index (κ1) is 25.2. The zero-order valence-corrected chi connectivity index (χ0v) is 20.0. The number of sulfonamides is 1. The van der Waals surface area contributed by atoms with E-state index >= 15 is 0 Å². The first-order valence-electron chi connectivity index (χ1n) is 10.6. The number of carbonyl (C=O) groups is 1. The molecule has 0 saturated carbocycles. The second kappa shape index (κ2) is 10.5. The summed E-state index contributed by atoms with van der Waals surface area (Å²) in [5.41, 5.74) is 0.816. The van der Waals surface area contributed by atoms with Crippen LogP contribution in [0, 0.1) is 5.92 Å². The Kier molecular flexibility index (Phi) is 8.50. The van der Waals surface area contributed by atoms with Crippen molar-refractivity contribution in [1.29, 1.82) is 0 Å². The molecular weight excluding hydrogens is 418 g/mol. The van der Waals surface area contributed by atoms with Crippen molar-refractivity contribution in [3.05, 3.63) is 29.8 Å². The molecule has 1 aliphatic rings. The summed E-state index contributed by atoms with van der Waals surface area (Å²) in [7, 11) is -2.18. The van der Waals surface area contributed by atoms with Crippen LogP contribution in [0.2, 0.25) is 0 Å². The summed E-state index contributed by atoms with van der Waals surface area (Å²) in [5, 5.41) is 12.5. The van der Waals surface area contributed by atoms with Crippen LogP contribution in [0.25, 0.3) is 6.08 Å². The predicted octanol–water partition coefficient (Wildman–Crippen LogP) is 2.54. The average molecular weight is 454 g/mol. The predicted molar refractivity (Wildman–Crippen MR) is 121 cm³/mol. The molecular formula is C22H35N3O5S. The third-order valence-electron chi connectivity index (χ3n) is 5.26. The Bertz CT molecular complexity index is 900. The minimum absolute atomic E-state index is 0.000721. The maximum atomic E-state index is 13.4. The lowest BCUT2D eigenvalue weighted by Crippen LogP contribution is -2.51. The number of aliphatic hydroxyl groups is 1. The van der Waals surface area contributed by atoms with Crippen LogP contribution in [0.3, 0.4) is 0 Å². The van der Waals surface area contributed by atoms with Gasteiger partial charge in [-0.25, -0.2) is 13.2 Å². The van der Waals surface area contributed by atoms with Gasteiger partial charge in [0.05, 0.1) is 13.2 Å². The molecule has 1 aromatic rings. The lowest BCUT2D eigenvalue weighted by atomic mass is 10.0. The third-order valence-corrected chi connectivity index (χ3v) is 7.28. The molecule has 8 nitrogen and oxygen atoms in total. The summed E-state index contributed by atoms with van der Waals surface area (Å²) in [6, 6.07) is 4.16. The van der Waals surface area contributed by atoms with Gasteiger partial charge in [-0.3, -0.25) is 0 Å². The number of ether oxygens (including phenoxy) is 1. The van der Waals surface area contributed by atoms with Crippen molar-refractivity contribution in [2.75, 3.05) is 26.7 Å². The zero-order valence-electron chi connectivity index (χ0n) is 19.2. The van der Waals surface area contributed by atoms with Crippen LogP contribution in [0.1, 0.15) is 40.2 Å². The van der Waals surface area contributed by atoms with Crippen LogP contribution in [0.5, 0.6) is 5.75 Å². The monoisotopic (exact) mass is 453 g/mol. The lowest BCUT2D eigenvalue weighted by Gasteiger charge is -2.37. The quantitative estimate of drug-likeness (QED) is 0.690. The molecule has 1 heterocycles. The standard InChI is InChI=1S/C22H35N3O5S/c1-7-8-18-9-10-21-19(11-18)30-20(13-24(6)22(27)23-15(2)3)16(4)12-25(17(5)14-26)31(21,28)29/h7-11,15-17,20,26H,12-14H2,1-6H3,(H,23,27)/b8-7+/t16-,17+,20-/m0/s1. The Labute approximate surface area is 185 Å². The van der Waals surface area contributed by atoms with Crippen molar-refractivity contribution < 1.29 is 23.1 Å². The molecule has 1 aromatic carbocycles. The first-order valence-corrected chi connectivity index (χ1v) is 12.0. The first-order chi connectivity index (χ1) is 14.5. The van der Waals surface area contributed by atoms with Gasteiger partial charge in [-0.15, -0.1) is 0 Å². The lowest BCUT2D eigenvalue weighted by molar-refractivity contribution is 0.0810. The van der Waals surface area contributed by atoms with Gasteiger partial charge in [0.15, 0.2) is 0 Å². The maximum Gasteiger partial charge on any atom is 0.317 e. The van der Waals surface area contributed by atoms with Crippen LogP contribution < -0.4 is 10.1 Å². The van der Waals surface area contributed by atoms with Gasteiger partial charge >= 0.3 is 6.03 Å². The van der Waals surface area contributed by atoms with Crippen LogP contribution in [-0.2, 0) is 10.0 Å². The van der Waals surface area contributed by atoms with Crippen LogP contribution in [-0.4, -0.2) is 73.7 Å². The Hall–Kier alpha value is -2.10. The third kappa shape index (κ3) is 5.99. The molecule has 2 amide bonds. The molecule has 31 heavy (non-hydrogen) atoms. The maximum absolute atomic E-state index is 13.4. The van der Waals surface area contributed by atoms with Gasteiger partial charge in [-0.1, -0.05) is 25.1 Å². The summed E-state index contributed by atoms with van der Waals surface area (Å²) < 4.78 is 34.3. The SMILES string of the molecule is C/C=C/c1ccc2c(c1)O[C@@H](CN(C)C(=O)NC(C)C)[C@@H](C)CN([C@H](C)CO)S2(=O)=O. The van der Waals surface area contributed by atoms with E-state index in [1.807, 2.05) is 39.8 Å². The van der Waals surface area contributed by atoms with Crippen molar-refractivity contribution in [2.24, 2.45) is 5.92 Å². The van der Waals surface area contributed by atoms with Gasteiger partial charge < -0.3 is 20.1 Å². The van der Waals surface area contributed by atoms with E-state index in [-0.39, 0.29) is 48.3 Å². The van der Waals surface area contributed by atoms with Gasteiger partial charge in [0.25, 0.3) is 0 Å². The van der Waals surface area contributed by atoms with E-state index in [4.69, 9.17) is 4.74 Å². The molecule has 0 spiro atoms. The zero-order chi connectivity index (χ0) is 23.3. The number of nitrogens with one attached hydrogen (secondary N) is 1. The number of likely N-dealkylation sites (N-methyl/N-ethyl adjacent to an activating group) is 1. The highest BCUT2D eigenvalue weighted by atomic mass is 32.2. The number of rotatable bonds is 6.